The minimum Gasteiger partial charge on any atom is -0.487 e. The van der Waals surface area contributed by atoms with Crippen LogP contribution >= 0.6 is 23.2 Å². The van der Waals surface area contributed by atoms with E-state index in [4.69, 9.17) is 27.9 Å². The Kier molecular flexibility index (Phi) is 6.51. The van der Waals surface area contributed by atoms with Crippen LogP contribution in [0, 0.1) is 29.0 Å². The van der Waals surface area contributed by atoms with Gasteiger partial charge in [-0.2, -0.15) is 0 Å². The van der Waals surface area contributed by atoms with Crippen molar-refractivity contribution in [3.63, 3.8) is 0 Å². The Morgan fingerprint density at radius 3 is 2.29 bits per heavy atom. The number of amides is 1. The maximum absolute atomic E-state index is 14.0. The number of carbonyl (C=O) groups is 2. The van der Waals surface area contributed by atoms with Crippen LogP contribution in [0.3, 0.4) is 0 Å². The minimum absolute atomic E-state index is 0.0883. The summed E-state index contributed by atoms with van der Waals surface area (Å²) in [5.74, 6) is -0.0226. The standard InChI is InChI=1S/C30H28Cl2FNO4/c31-24-6-1-16(10-25(24)32)15-38-26-22-5-3-21(33)11-20(22)2-4-23(26)28(35)34-27(29(36)37)30-12-17-7-18(13-30)9-19(8-17)14-30/h1-6,10-11,17-19,27H,7-9,12-15H2,(H,34,35)(H,36,37). The molecule has 3 aromatic carbocycles. The van der Waals surface area contributed by atoms with Gasteiger partial charge >= 0.3 is 5.97 Å². The van der Waals surface area contributed by atoms with E-state index in [9.17, 15) is 19.1 Å². The molecular formula is C30H28Cl2FNO4. The van der Waals surface area contributed by atoms with Crippen molar-refractivity contribution in [1.82, 2.24) is 5.32 Å². The number of halogens is 3. The molecule has 0 saturated heterocycles. The summed E-state index contributed by atoms with van der Waals surface area (Å²) >= 11 is 12.2. The molecule has 8 heteroatoms. The van der Waals surface area contributed by atoms with E-state index in [0.717, 1.165) is 24.8 Å². The molecule has 4 aliphatic carbocycles. The first-order chi connectivity index (χ1) is 18.2. The van der Waals surface area contributed by atoms with Gasteiger partial charge < -0.3 is 15.2 Å². The lowest BCUT2D eigenvalue weighted by molar-refractivity contribution is -0.150. The van der Waals surface area contributed by atoms with E-state index in [-0.39, 0.29) is 17.9 Å². The maximum Gasteiger partial charge on any atom is 0.326 e. The highest BCUT2D eigenvalue weighted by Gasteiger charge is 2.56. The third-order valence-electron chi connectivity index (χ3n) is 8.76. The predicted molar refractivity (Wildman–Crippen MR) is 144 cm³/mol. The summed E-state index contributed by atoms with van der Waals surface area (Å²) in [6.45, 7) is 0.0883. The molecule has 7 rings (SSSR count). The lowest BCUT2D eigenvalue weighted by Crippen LogP contribution is -2.59. The van der Waals surface area contributed by atoms with E-state index in [1.54, 1.807) is 36.4 Å². The van der Waals surface area contributed by atoms with Crippen molar-refractivity contribution in [3.8, 4) is 5.75 Å². The van der Waals surface area contributed by atoms with Gasteiger partial charge in [-0.25, -0.2) is 9.18 Å². The number of hydrogen-bond donors (Lipinski definition) is 2. The summed E-state index contributed by atoms with van der Waals surface area (Å²) < 4.78 is 20.1. The van der Waals surface area contributed by atoms with E-state index >= 15 is 0 Å². The van der Waals surface area contributed by atoms with Crippen LogP contribution in [-0.4, -0.2) is 23.0 Å². The van der Waals surface area contributed by atoms with Crippen LogP contribution in [-0.2, 0) is 11.4 Å². The molecule has 4 bridgehead atoms. The van der Waals surface area contributed by atoms with Crippen molar-refractivity contribution in [3.05, 3.63) is 75.5 Å². The molecule has 1 atom stereocenters. The molecule has 198 valence electrons. The molecule has 3 aromatic rings. The van der Waals surface area contributed by atoms with Gasteiger partial charge in [0.25, 0.3) is 5.91 Å². The minimum atomic E-state index is -0.999. The molecule has 1 amide bonds. The van der Waals surface area contributed by atoms with Crippen molar-refractivity contribution >= 4 is 45.9 Å². The summed E-state index contributed by atoms with van der Waals surface area (Å²) in [7, 11) is 0. The highest BCUT2D eigenvalue weighted by atomic mass is 35.5. The molecule has 0 spiro atoms. The Bertz CT molecular complexity index is 1410. The lowest BCUT2D eigenvalue weighted by atomic mass is 9.47. The molecule has 0 aliphatic heterocycles. The number of carbonyl (C=O) groups excluding carboxylic acids is 1. The van der Waals surface area contributed by atoms with E-state index in [1.807, 2.05) is 0 Å². The first kappa shape index (κ1) is 25.4. The molecule has 38 heavy (non-hydrogen) atoms. The number of hydrogen-bond acceptors (Lipinski definition) is 3. The molecule has 0 aromatic heterocycles. The molecule has 4 fully saturated rings. The molecule has 0 radical (unpaired) electrons. The molecule has 5 nitrogen and oxygen atoms in total. The smallest absolute Gasteiger partial charge is 0.326 e. The summed E-state index contributed by atoms with van der Waals surface area (Å²) in [6.07, 6.45) is 6.05. The Morgan fingerprint density at radius 2 is 1.66 bits per heavy atom. The molecular weight excluding hydrogens is 528 g/mol. The van der Waals surface area contributed by atoms with Gasteiger partial charge in [0.05, 0.1) is 15.6 Å². The summed E-state index contributed by atoms with van der Waals surface area (Å²) in [6, 6.07) is 11.6. The fourth-order valence-electron chi connectivity index (χ4n) is 7.61. The van der Waals surface area contributed by atoms with Crippen LogP contribution in [0.1, 0.15) is 54.4 Å². The summed E-state index contributed by atoms with van der Waals surface area (Å²) in [4.78, 5) is 26.3. The van der Waals surface area contributed by atoms with Crippen LogP contribution in [0.15, 0.2) is 48.5 Å². The number of nitrogens with one attached hydrogen (secondary N) is 1. The number of carboxylic acid groups (broad SMARTS) is 1. The third kappa shape index (κ3) is 4.62. The van der Waals surface area contributed by atoms with Crippen LogP contribution in [0.2, 0.25) is 10.0 Å². The van der Waals surface area contributed by atoms with Gasteiger partial charge in [-0.3, -0.25) is 4.79 Å². The largest absolute Gasteiger partial charge is 0.487 e. The molecule has 1 unspecified atom stereocenters. The highest BCUT2D eigenvalue weighted by molar-refractivity contribution is 6.42. The zero-order valence-electron chi connectivity index (χ0n) is 20.7. The normalized spacial score (nSPS) is 26.3. The topological polar surface area (TPSA) is 75.6 Å². The molecule has 4 saturated carbocycles. The number of carboxylic acids is 1. The lowest BCUT2D eigenvalue weighted by Gasteiger charge is -2.58. The van der Waals surface area contributed by atoms with Crippen LogP contribution in [0.4, 0.5) is 4.39 Å². The van der Waals surface area contributed by atoms with Gasteiger partial charge in [-0.05, 0) is 104 Å². The predicted octanol–water partition coefficient (Wildman–Crippen LogP) is 7.26. The fourth-order valence-corrected chi connectivity index (χ4v) is 7.93. The Balaban J connectivity index is 1.33. The zero-order valence-corrected chi connectivity index (χ0v) is 22.2. The van der Waals surface area contributed by atoms with E-state index in [2.05, 4.69) is 5.32 Å². The molecule has 0 heterocycles. The van der Waals surface area contributed by atoms with E-state index in [0.29, 0.717) is 38.6 Å². The monoisotopic (exact) mass is 555 g/mol. The van der Waals surface area contributed by atoms with E-state index < -0.39 is 29.2 Å². The highest BCUT2D eigenvalue weighted by Crippen LogP contribution is 2.61. The second-order valence-electron chi connectivity index (χ2n) is 11.4. The summed E-state index contributed by atoms with van der Waals surface area (Å²) in [5, 5.41) is 15.1. The zero-order chi connectivity index (χ0) is 26.6. The van der Waals surface area contributed by atoms with Gasteiger partial charge in [-0.1, -0.05) is 35.3 Å². The Labute approximate surface area is 230 Å². The third-order valence-corrected chi connectivity index (χ3v) is 9.50. The van der Waals surface area contributed by atoms with Crippen LogP contribution < -0.4 is 10.1 Å². The SMILES string of the molecule is O=C(NC(C(=O)O)C12CC3CC(CC(C3)C1)C2)c1ccc2cc(F)ccc2c1OCc1ccc(Cl)c(Cl)c1. The molecule has 2 N–H and O–H groups in total. The number of rotatable bonds is 7. The average molecular weight is 556 g/mol. The number of aliphatic carboxylic acids is 1. The average Bonchev–Trinajstić information content (AvgIpc) is 2.86. The number of fused-ring (bicyclic) bond motifs is 1. The fraction of sp³-hybridized carbons (Fsp3) is 0.400. The maximum atomic E-state index is 14.0. The second kappa shape index (κ2) is 9.73. The number of ether oxygens (including phenoxy) is 1. The summed E-state index contributed by atoms with van der Waals surface area (Å²) in [5.41, 5.74) is 0.527. The van der Waals surface area contributed by atoms with Gasteiger partial charge in [0, 0.05) is 10.8 Å². The van der Waals surface area contributed by atoms with Gasteiger partial charge in [-0.15, -0.1) is 0 Å². The van der Waals surface area contributed by atoms with Crippen molar-refractivity contribution in [2.45, 2.75) is 51.2 Å². The number of benzene rings is 3. The first-order valence-electron chi connectivity index (χ1n) is 13.0. The van der Waals surface area contributed by atoms with Gasteiger partial charge in [0.2, 0.25) is 0 Å². The Hall–Kier alpha value is -2.83. The van der Waals surface area contributed by atoms with Gasteiger partial charge in [0.1, 0.15) is 24.2 Å². The van der Waals surface area contributed by atoms with Crippen molar-refractivity contribution in [1.29, 1.82) is 0 Å². The van der Waals surface area contributed by atoms with Crippen LogP contribution in [0.25, 0.3) is 10.8 Å². The van der Waals surface area contributed by atoms with E-state index in [1.165, 1.54) is 31.4 Å². The quantitative estimate of drug-likeness (QED) is 0.321. The van der Waals surface area contributed by atoms with Gasteiger partial charge in [0.15, 0.2) is 0 Å². The van der Waals surface area contributed by atoms with Crippen molar-refractivity contribution in [2.24, 2.45) is 23.2 Å². The molecule has 4 aliphatic rings. The Morgan fingerprint density at radius 1 is 0.974 bits per heavy atom. The van der Waals surface area contributed by atoms with Crippen molar-refractivity contribution < 1.29 is 23.8 Å². The van der Waals surface area contributed by atoms with Crippen LogP contribution in [0.5, 0.6) is 5.75 Å². The first-order valence-corrected chi connectivity index (χ1v) is 13.8. The van der Waals surface area contributed by atoms with Crippen molar-refractivity contribution in [2.75, 3.05) is 0 Å². The second-order valence-corrected chi connectivity index (χ2v) is 12.2.